The maximum Gasteiger partial charge on any atom is 0.242 e. The summed E-state index contributed by atoms with van der Waals surface area (Å²) in [6.07, 6.45) is 2.13. The summed E-state index contributed by atoms with van der Waals surface area (Å²) >= 11 is 3.22. The highest BCUT2D eigenvalue weighted by atomic mass is 32.2. The van der Waals surface area contributed by atoms with Crippen LogP contribution in [0.2, 0.25) is 0 Å². The number of thioether (sulfide) groups is 1. The molecule has 3 rings (SSSR count). The van der Waals surface area contributed by atoms with E-state index in [9.17, 15) is 9.59 Å². The topological polar surface area (TPSA) is 49.4 Å². The van der Waals surface area contributed by atoms with Crippen LogP contribution in [0.15, 0.2) is 16.8 Å². The molecule has 19 heavy (non-hydrogen) atoms. The average molecular weight is 296 g/mol. The lowest BCUT2D eigenvalue weighted by Crippen LogP contribution is -2.47. The Balaban J connectivity index is 1.75. The summed E-state index contributed by atoms with van der Waals surface area (Å²) in [6, 6.07) is 1.97. The fraction of sp³-hybridized carbons (Fsp3) is 0.538. The Kier molecular flexibility index (Phi) is 3.54. The minimum atomic E-state index is -0.395. The molecule has 102 valence electrons. The van der Waals surface area contributed by atoms with Crippen LogP contribution in [-0.4, -0.2) is 34.6 Å². The molecule has 0 bridgehead atoms. The van der Waals surface area contributed by atoms with E-state index in [4.69, 9.17) is 0 Å². The number of thiophene rings is 1. The first-order chi connectivity index (χ1) is 9.16. The van der Waals surface area contributed by atoms with Gasteiger partial charge in [0.05, 0.1) is 5.75 Å². The number of nitrogens with zero attached hydrogens (tertiary/aromatic N) is 1. The first kappa shape index (κ1) is 13.0. The molecule has 2 atom stereocenters. The van der Waals surface area contributed by atoms with Crippen LogP contribution in [0.5, 0.6) is 0 Å². The molecule has 6 heteroatoms. The normalized spacial score (nSPS) is 24.6. The molecule has 1 saturated carbocycles. The predicted molar refractivity (Wildman–Crippen MR) is 77.0 cm³/mol. The lowest BCUT2D eigenvalue weighted by atomic mass is 10.2. The molecule has 2 aliphatic rings. The van der Waals surface area contributed by atoms with Crippen molar-refractivity contribution in [2.24, 2.45) is 0 Å². The van der Waals surface area contributed by atoms with Crippen molar-refractivity contribution < 1.29 is 9.59 Å². The van der Waals surface area contributed by atoms with Crippen molar-refractivity contribution in [3.63, 3.8) is 0 Å². The molecule has 1 aliphatic carbocycles. The quantitative estimate of drug-likeness (QED) is 0.924. The van der Waals surface area contributed by atoms with Crippen molar-refractivity contribution in [3.05, 3.63) is 22.4 Å². The van der Waals surface area contributed by atoms with Gasteiger partial charge in [-0.25, -0.2) is 0 Å². The van der Waals surface area contributed by atoms with Gasteiger partial charge in [0, 0.05) is 6.04 Å². The SMILES string of the molecule is C[C@@H](C(=O)NC1CC1)N1C(=O)CS[C@@H]1c1ccsc1. The van der Waals surface area contributed by atoms with Crippen LogP contribution in [0.1, 0.15) is 30.7 Å². The monoisotopic (exact) mass is 296 g/mol. The van der Waals surface area contributed by atoms with Crippen LogP contribution in [-0.2, 0) is 9.59 Å². The Morgan fingerprint density at radius 3 is 2.95 bits per heavy atom. The van der Waals surface area contributed by atoms with E-state index in [2.05, 4.69) is 10.7 Å². The Bertz CT molecular complexity index is 485. The van der Waals surface area contributed by atoms with Crippen molar-refractivity contribution in [3.8, 4) is 0 Å². The summed E-state index contributed by atoms with van der Waals surface area (Å²) in [7, 11) is 0. The van der Waals surface area contributed by atoms with Gasteiger partial charge in [-0.05, 0) is 42.2 Å². The summed E-state index contributed by atoms with van der Waals surface area (Å²) in [5.41, 5.74) is 1.12. The van der Waals surface area contributed by atoms with E-state index in [1.807, 2.05) is 18.4 Å². The fourth-order valence-corrected chi connectivity index (χ4v) is 4.22. The highest BCUT2D eigenvalue weighted by Gasteiger charge is 2.39. The largest absolute Gasteiger partial charge is 0.352 e. The van der Waals surface area contributed by atoms with Gasteiger partial charge in [-0.2, -0.15) is 11.3 Å². The smallest absolute Gasteiger partial charge is 0.242 e. The standard InChI is InChI=1S/C13H16N2O2S2/c1-8(12(17)14-10-2-3-10)15-11(16)7-19-13(15)9-4-5-18-6-9/h4-6,8,10,13H,2-3,7H2,1H3,(H,14,17)/t8-,13+/m0/s1. The lowest BCUT2D eigenvalue weighted by molar-refractivity contribution is -0.137. The van der Waals surface area contributed by atoms with E-state index in [1.165, 1.54) is 0 Å². The van der Waals surface area contributed by atoms with Crippen LogP contribution < -0.4 is 5.32 Å². The lowest BCUT2D eigenvalue weighted by Gasteiger charge is -2.29. The van der Waals surface area contributed by atoms with E-state index < -0.39 is 6.04 Å². The second kappa shape index (κ2) is 5.17. The van der Waals surface area contributed by atoms with E-state index in [0.29, 0.717) is 11.8 Å². The highest BCUT2D eigenvalue weighted by Crippen LogP contribution is 2.40. The number of nitrogens with one attached hydrogen (secondary N) is 1. The van der Waals surface area contributed by atoms with E-state index in [0.717, 1.165) is 18.4 Å². The van der Waals surface area contributed by atoms with Gasteiger partial charge >= 0.3 is 0 Å². The molecule has 2 fully saturated rings. The summed E-state index contributed by atoms with van der Waals surface area (Å²) in [5.74, 6) is 0.486. The molecule has 2 amide bonds. The Hall–Kier alpha value is -1.01. The zero-order valence-corrected chi connectivity index (χ0v) is 12.3. The van der Waals surface area contributed by atoms with Crippen molar-refractivity contribution in [1.29, 1.82) is 0 Å². The van der Waals surface area contributed by atoms with E-state index in [-0.39, 0.29) is 17.2 Å². The number of hydrogen-bond donors (Lipinski definition) is 1. The van der Waals surface area contributed by atoms with Gasteiger partial charge in [-0.1, -0.05) is 0 Å². The second-order valence-electron chi connectivity index (χ2n) is 4.98. The molecular formula is C13H16N2O2S2. The van der Waals surface area contributed by atoms with Crippen LogP contribution in [0.4, 0.5) is 0 Å². The number of carbonyl (C=O) groups excluding carboxylic acids is 2. The molecule has 0 unspecified atom stereocenters. The van der Waals surface area contributed by atoms with Crippen LogP contribution in [0.25, 0.3) is 0 Å². The molecule has 4 nitrogen and oxygen atoms in total. The molecule has 0 radical (unpaired) electrons. The second-order valence-corrected chi connectivity index (χ2v) is 6.83. The Morgan fingerprint density at radius 2 is 2.32 bits per heavy atom. The molecule has 1 aliphatic heterocycles. The summed E-state index contributed by atoms with van der Waals surface area (Å²) < 4.78 is 0. The van der Waals surface area contributed by atoms with Gasteiger partial charge in [0.1, 0.15) is 11.4 Å². The first-order valence-electron chi connectivity index (χ1n) is 6.42. The Labute approximate surface area is 120 Å². The number of carbonyl (C=O) groups is 2. The molecule has 1 N–H and O–H groups in total. The van der Waals surface area contributed by atoms with Crippen LogP contribution in [0, 0.1) is 0 Å². The van der Waals surface area contributed by atoms with Gasteiger partial charge in [0.2, 0.25) is 11.8 Å². The highest BCUT2D eigenvalue weighted by molar-refractivity contribution is 8.00. The van der Waals surface area contributed by atoms with Gasteiger partial charge in [-0.15, -0.1) is 11.8 Å². The van der Waals surface area contributed by atoms with Crippen molar-refractivity contribution in [2.75, 3.05) is 5.75 Å². The maximum atomic E-state index is 12.1. The third-order valence-electron chi connectivity index (χ3n) is 3.45. The third-order valence-corrected chi connectivity index (χ3v) is 5.38. The fourth-order valence-electron chi connectivity index (χ4n) is 2.20. The minimum absolute atomic E-state index is 0.0151. The third kappa shape index (κ3) is 2.65. The summed E-state index contributed by atoms with van der Waals surface area (Å²) in [6.45, 7) is 1.82. The summed E-state index contributed by atoms with van der Waals surface area (Å²) in [5, 5.41) is 7.02. The number of amides is 2. The minimum Gasteiger partial charge on any atom is -0.352 e. The molecule has 1 saturated heterocycles. The van der Waals surface area contributed by atoms with Gasteiger partial charge in [-0.3, -0.25) is 9.59 Å². The molecule has 2 heterocycles. The number of rotatable bonds is 4. The van der Waals surface area contributed by atoms with Crippen LogP contribution >= 0.6 is 23.1 Å². The maximum absolute atomic E-state index is 12.1. The van der Waals surface area contributed by atoms with Crippen molar-refractivity contribution in [2.45, 2.75) is 37.2 Å². The predicted octanol–water partition coefficient (Wildman–Crippen LogP) is 1.99. The number of hydrogen-bond acceptors (Lipinski definition) is 4. The van der Waals surface area contributed by atoms with Gasteiger partial charge in [0.15, 0.2) is 0 Å². The zero-order chi connectivity index (χ0) is 13.4. The summed E-state index contributed by atoms with van der Waals surface area (Å²) in [4.78, 5) is 25.9. The molecule has 1 aromatic rings. The van der Waals surface area contributed by atoms with Gasteiger partial charge < -0.3 is 10.2 Å². The zero-order valence-electron chi connectivity index (χ0n) is 10.7. The first-order valence-corrected chi connectivity index (χ1v) is 8.41. The van der Waals surface area contributed by atoms with Gasteiger partial charge in [0.25, 0.3) is 0 Å². The van der Waals surface area contributed by atoms with E-state index >= 15 is 0 Å². The van der Waals surface area contributed by atoms with Crippen LogP contribution in [0.3, 0.4) is 0 Å². The Morgan fingerprint density at radius 1 is 1.53 bits per heavy atom. The van der Waals surface area contributed by atoms with E-state index in [1.54, 1.807) is 28.0 Å². The molecular weight excluding hydrogens is 280 g/mol. The molecule has 1 aromatic heterocycles. The molecule has 0 spiro atoms. The van der Waals surface area contributed by atoms with Crippen molar-refractivity contribution in [1.82, 2.24) is 10.2 Å². The average Bonchev–Trinajstić information content (AvgIpc) is 2.91. The van der Waals surface area contributed by atoms with Crippen molar-refractivity contribution >= 4 is 34.9 Å². The molecule has 0 aromatic carbocycles.